The minimum Gasteiger partial charge on any atom is -0.456 e. The maximum Gasteiger partial charge on any atom is 0.143 e. The van der Waals surface area contributed by atoms with Gasteiger partial charge in [0.1, 0.15) is 22.3 Å². The molecule has 9 aromatic carbocycles. The Balaban J connectivity index is 1.14. The van der Waals surface area contributed by atoms with E-state index in [0.29, 0.717) is 0 Å². The minimum absolute atomic E-state index is 0.876. The van der Waals surface area contributed by atoms with Crippen molar-refractivity contribution in [2.75, 3.05) is 0 Å². The molecule has 0 aliphatic heterocycles. The summed E-state index contributed by atoms with van der Waals surface area (Å²) in [5.41, 5.74) is 11.3. The lowest BCUT2D eigenvalue weighted by molar-refractivity contribution is 0.667. The van der Waals surface area contributed by atoms with Crippen LogP contribution in [0, 0.1) is 0 Å². The fraction of sp³-hybridized carbons (Fsp3) is 0.0385. The van der Waals surface area contributed by atoms with Gasteiger partial charge < -0.3 is 8.83 Å². The van der Waals surface area contributed by atoms with E-state index in [4.69, 9.17) is 8.83 Å². The van der Waals surface area contributed by atoms with Gasteiger partial charge in [-0.2, -0.15) is 0 Å². The third-order valence-corrected chi connectivity index (χ3v) is 11.7. The van der Waals surface area contributed by atoms with E-state index in [-0.39, 0.29) is 0 Å². The smallest absolute Gasteiger partial charge is 0.143 e. The molecule has 11 aromatic rings. The maximum absolute atomic E-state index is 6.62. The van der Waals surface area contributed by atoms with Crippen LogP contribution in [-0.4, -0.2) is 0 Å². The van der Waals surface area contributed by atoms with Crippen LogP contribution in [0.2, 0.25) is 0 Å². The number of furan rings is 2. The summed E-state index contributed by atoms with van der Waals surface area (Å²) in [6, 6.07) is 57.1. The van der Waals surface area contributed by atoms with Gasteiger partial charge in [0, 0.05) is 26.9 Å². The summed E-state index contributed by atoms with van der Waals surface area (Å²) in [5, 5.41) is 14.4. The topological polar surface area (TPSA) is 26.3 Å². The third kappa shape index (κ3) is 4.22. The zero-order valence-electron chi connectivity index (χ0n) is 29.4. The van der Waals surface area contributed by atoms with Crippen molar-refractivity contribution in [3.8, 4) is 11.1 Å². The average Bonchev–Trinajstić information content (AvgIpc) is 3.80. The molecule has 0 unspecified atom stereocenters. The van der Waals surface area contributed by atoms with Crippen LogP contribution in [-0.2, 0) is 0 Å². The normalized spacial score (nSPS) is 13.6. The van der Waals surface area contributed by atoms with Gasteiger partial charge in [-0.25, -0.2) is 0 Å². The molecule has 12 rings (SSSR count). The lowest BCUT2D eigenvalue weighted by Gasteiger charge is -2.22. The highest BCUT2D eigenvalue weighted by molar-refractivity contribution is 6.24. The second-order valence-corrected chi connectivity index (χ2v) is 14.6. The van der Waals surface area contributed by atoms with E-state index in [9.17, 15) is 0 Å². The van der Waals surface area contributed by atoms with Crippen LogP contribution in [0.4, 0.5) is 0 Å². The van der Waals surface area contributed by atoms with Crippen molar-refractivity contribution in [1.82, 2.24) is 0 Å². The molecule has 0 radical (unpaired) electrons. The zero-order valence-corrected chi connectivity index (χ0v) is 29.4. The fourth-order valence-corrected chi connectivity index (χ4v) is 9.35. The van der Waals surface area contributed by atoms with Crippen LogP contribution in [0.5, 0.6) is 0 Å². The molecule has 2 heterocycles. The molecule has 0 N–H and O–H groups in total. The van der Waals surface area contributed by atoms with E-state index in [1.807, 2.05) is 12.1 Å². The van der Waals surface area contributed by atoms with Crippen molar-refractivity contribution in [3.63, 3.8) is 0 Å². The van der Waals surface area contributed by atoms with E-state index >= 15 is 0 Å². The molecular formula is C52H32O2. The summed E-state index contributed by atoms with van der Waals surface area (Å²) in [4.78, 5) is 0. The molecule has 252 valence electrons. The standard InChI is InChI=1S/C52H32O2/c1-2-17-34-31(13-1)14-12-24-37(34)51-40-22-5-3-20-38(40)50(39-21-4-6-23-41(39)51)33-16-11-15-32(27-33)42-28-45-36-19-8-10-26-48(36)54-52(45)46-30-49-44(29-43(42)46)35-18-7-9-25-47(35)53-49/h1-10,12-15,17-30H,11,16H2. The van der Waals surface area contributed by atoms with Gasteiger partial charge in [-0.05, 0) is 114 Å². The zero-order chi connectivity index (χ0) is 35.3. The highest BCUT2D eigenvalue weighted by Gasteiger charge is 2.23. The van der Waals surface area contributed by atoms with Crippen molar-refractivity contribution in [2.45, 2.75) is 12.8 Å². The predicted octanol–water partition coefficient (Wildman–Crippen LogP) is 15.0. The largest absolute Gasteiger partial charge is 0.456 e. The van der Waals surface area contributed by atoms with E-state index < -0.39 is 0 Å². The Hall–Kier alpha value is -6.90. The van der Waals surface area contributed by atoms with E-state index in [1.165, 1.54) is 71.1 Å². The highest BCUT2D eigenvalue weighted by Crippen LogP contribution is 2.47. The van der Waals surface area contributed by atoms with Gasteiger partial charge in [0.25, 0.3) is 0 Å². The molecule has 2 heteroatoms. The first kappa shape index (κ1) is 29.7. The molecule has 0 saturated carbocycles. The summed E-state index contributed by atoms with van der Waals surface area (Å²) >= 11 is 0. The summed E-state index contributed by atoms with van der Waals surface area (Å²) in [5.74, 6) is 0. The minimum atomic E-state index is 0.876. The third-order valence-electron chi connectivity index (χ3n) is 11.7. The van der Waals surface area contributed by atoms with Crippen LogP contribution in [0.1, 0.15) is 24.0 Å². The van der Waals surface area contributed by atoms with Crippen molar-refractivity contribution in [2.24, 2.45) is 0 Å². The Morgan fingerprint density at radius 2 is 0.944 bits per heavy atom. The second-order valence-electron chi connectivity index (χ2n) is 14.6. The summed E-state index contributed by atoms with van der Waals surface area (Å²) < 4.78 is 13.0. The summed E-state index contributed by atoms with van der Waals surface area (Å²) in [6.45, 7) is 0. The molecule has 0 atom stereocenters. The number of hydrogen-bond acceptors (Lipinski definition) is 2. The Labute approximate surface area is 310 Å². The predicted molar refractivity (Wildman–Crippen MR) is 228 cm³/mol. The van der Waals surface area contributed by atoms with E-state index in [2.05, 4.69) is 158 Å². The second kappa shape index (κ2) is 11.3. The molecule has 0 amide bonds. The molecule has 1 aliphatic carbocycles. The SMILES string of the molecule is C1=C(c2c3ccccc3c(-c3cccc4ccccc34)c3ccccc23)CCC=C1c1cc2c3ccccc3oc2c2cc3oc4ccccc4c3cc12. The van der Waals surface area contributed by atoms with E-state index in [0.717, 1.165) is 62.1 Å². The molecule has 1 aliphatic rings. The Kier molecular flexibility index (Phi) is 6.20. The molecule has 0 fully saturated rings. The summed E-state index contributed by atoms with van der Waals surface area (Å²) in [6.07, 6.45) is 6.82. The molecule has 54 heavy (non-hydrogen) atoms. The van der Waals surface area contributed by atoms with Crippen LogP contribution in [0.15, 0.2) is 179 Å². The van der Waals surface area contributed by atoms with Gasteiger partial charge in [-0.15, -0.1) is 0 Å². The van der Waals surface area contributed by atoms with Crippen molar-refractivity contribution < 1.29 is 8.83 Å². The molecule has 2 aromatic heterocycles. The highest BCUT2D eigenvalue weighted by atomic mass is 16.3. The lowest BCUT2D eigenvalue weighted by Crippen LogP contribution is -1.98. The lowest BCUT2D eigenvalue weighted by atomic mass is 9.81. The number of rotatable bonds is 3. The van der Waals surface area contributed by atoms with Gasteiger partial charge in [0.2, 0.25) is 0 Å². The van der Waals surface area contributed by atoms with Crippen molar-refractivity contribution in [1.29, 1.82) is 0 Å². The quantitative estimate of drug-likeness (QED) is 0.173. The number of para-hydroxylation sites is 2. The number of benzene rings is 9. The molecule has 2 nitrogen and oxygen atoms in total. The van der Waals surface area contributed by atoms with Gasteiger partial charge in [-0.3, -0.25) is 0 Å². The van der Waals surface area contributed by atoms with Gasteiger partial charge in [0.15, 0.2) is 0 Å². The van der Waals surface area contributed by atoms with Crippen LogP contribution in [0.25, 0.3) is 109 Å². The number of hydrogen-bond donors (Lipinski definition) is 0. The fourth-order valence-electron chi connectivity index (χ4n) is 9.35. The Morgan fingerprint density at radius 3 is 1.69 bits per heavy atom. The van der Waals surface area contributed by atoms with Crippen molar-refractivity contribution >= 4 is 98.1 Å². The van der Waals surface area contributed by atoms with Crippen molar-refractivity contribution in [3.05, 3.63) is 181 Å². The molecule has 0 saturated heterocycles. The summed E-state index contributed by atoms with van der Waals surface area (Å²) in [7, 11) is 0. The molecule has 0 spiro atoms. The van der Waals surface area contributed by atoms with Gasteiger partial charge in [0.05, 0.1) is 0 Å². The molecule has 0 bridgehead atoms. The van der Waals surface area contributed by atoms with Crippen LogP contribution < -0.4 is 0 Å². The number of fused-ring (bicyclic) bond motifs is 11. The molecular weight excluding hydrogens is 657 g/mol. The monoisotopic (exact) mass is 688 g/mol. The van der Waals surface area contributed by atoms with E-state index in [1.54, 1.807) is 0 Å². The van der Waals surface area contributed by atoms with Gasteiger partial charge >= 0.3 is 0 Å². The van der Waals surface area contributed by atoms with Crippen LogP contribution >= 0.6 is 0 Å². The number of allylic oxidation sites excluding steroid dienone is 4. The first-order valence-corrected chi connectivity index (χ1v) is 18.8. The van der Waals surface area contributed by atoms with Crippen LogP contribution in [0.3, 0.4) is 0 Å². The first-order valence-electron chi connectivity index (χ1n) is 18.8. The average molecular weight is 689 g/mol. The Morgan fingerprint density at radius 1 is 0.370 bits per heavy atom. The Bertz CT molecular complexity index is 3380. The first-order chi connectivity index (χ1) is 26.8. The maximum atomic E-state index is 6.62. The van der Waals surface area contributed by atoms with Gasteiger partial charge in [-0.1, -0.05) is 140 Å².